The van der Waals surface area contributed by atoms with E-state index >= 15 is 0 Å². The highest BCUT2D eigenvalue weighted by molar-refractivity contribution is 14.0. The lowest BCUT2D eigenvalue weighted by Crippen LogP contribution is -2.47. The zero-order chi connectivity index (χ0) is 23.0. The van der Waals surface area contributed by atoms with Crippen molar-refractivity contribution in [3.05, 3.63) is 71.3 Å². The third kappa shape index (κ3) is 6.92. The van der Waals surface area contributed by atoms with Gasteiger partial charge in [-0.15, -0.1) is 24.0 Å². The Hall–Kier alpha value is -2.66. The summed E-state index contributed by atoms with van der Waals surface area (Å²) in [5.74, 6) is 4.19. The van der Waals surface area contributed by atoms with Gasteiger partial charge in [-0.05, 0) is 44.0 Å². The largest absolute Gasteiger partial charge is 0.457 e. The second kappa shape index (κ2) is 12.7. The van der Waals surface area contributed by atoms with Crippen molar-refractivity contribution in [1.82, 2.24) is 25.4 Å². The van der Waals surface area contributed by atoms with Crippen LogP contribution in [0.4, 0.5) is 0 Å². The fourth-order valence-electron chi connectivity index (χ4n) is 3.89. The number of guanidine groups is 1. The minimum atomic E-state index is 0. The third-order valence-electron chi connectivity index (χ3n) is 5.46. The number of aliphatic imine (C=N–C) groups is 1. The van der Waals surface area contributed by atoms with E-state index in [9.17, 15) is 0 Å². The zero-order valence-corrected chi connectivity index (χ0v) is 22.3. The van der Waals surface area contributed by atoms with Crippen molar-refractivity contribution in [2.45, 2.75) is 52.4 Å². The Morgan fingerprint density at radius 1 is 1.21 bits per heavy atom. The van der Waals surface area contributed by atoms with E-state index in [1.165, 1.54) is 5.56 Å². The maximum atomic E-state index is 6.15. The number of fused-ring (bicyclic) bond motifs is 1. The topological polar surface area (TPSA) is 85.6 Å². The minimum absolute atomic E-state index is 0. The number of hydrogen-bond donors (Lipinski definition) is 2. The van der Waals surface area contributed by atoms with Crippen LogP contribution in [0.15, 0.2) is 53.5 Å². The van der Waals surface area contributed by atoms with E-state index in [2.05, 4.69) is 46.7 Å². The summed E-state index contributed by atoms with van der Waals surface area (Å²) in [5, 5.41) is 11.5. The molecule has 0 radical (unpaired) electrons. The SMILES string of the molecule is CCNC(=NCc1ccccc1Oc1cccc(C)c1)NC1CCc2nc(COC)nn2C1.I. The number of halogens is 1. The van der Waals surface area contributed by atoms with Crippen LogP contribution in [0.1, 0.15) is 36.1 Å². The molecule has 2 heterocycles. The molecule has 1 unspecified atom stereocenters. The van der Waals surface area contributed by atoms with Crippen LogP contribution in [0.3, 0.4) is 0 Å². The molecule has 9 heteroatoms. The Kier molecular flexibility index (Phi) is 9.70. The number of ether oxygens (including phenoxy) is 2. The maximum absolute atomic E-state index is 6.15. The second-order valence-electron chi connectivity index (χ2n) is 8.16. The van der Waals surface area contributed by atoms with Crippen LogP contribution in [0.5, 0.6) is 11.5 Å². The first-order valence-electron chi connectivity index (χ1n) is 11.4. The normalized spacial score (nSPS) is 15.3. The van der Waals surface area contributed by atoms with E-state index < -0.39 is 0 Å². The van der Waals surface area contributed by atoms with Gasteiger partial charge in [-0.1, -0.05) is 30.3 Å². The van der Waals surface area contributed by atoms with Crippen LogP contribution >= 0.6 is 24.0 Å². The molecular formula is C25H33IN6O2. The lowest BCUT2D eigenvalue weighted by Gasteiger charge is -2.25. The van der Waals surface area contributed by atoms with E-state index in [0.717, 1.165) is 60.6 Å². The highest BCUT2D eigenvalue weighted by atomic mass is 127. The van der Waals surface area contributed by atoms with Crippen LogP contribution in [-0.2, 0) is 30.9 Å². The summed E-state index contributed by atoms with van der Waals surface area (Å²) in [6.45, 7) is 6.61. The van der Waals surface area contributed by atoms with Crippen LogP contribution in [0, 0.1) is 6.92 Å². The molecule has 34 heavy (non-hydrogen) atoms. The molecule has 2 aromatic carbocycles. The number of para-hydroxylation sites is 1. The molecule has 0 aliphatic carbocycles. The van der Waals surface area contributed by atoms with Gasteiger partial charge in [-0.3, -0.25) is 0 Å². The molecule has 4 rings (SSSR count). The van der Waals surface area contributed by atoms with Crippen LogP contribution in [-0.4, -0.2) is 40.4 Å². The standard InChI is InChI=1S/C25H32N6O2.HI/c1-4-26-25(28-20-12-13-24-29-23(17-32-3)30-31(24)16-20)27-15-19-9-5-6-11-22(19)33-21-10-7-8-18(2)14-21;/h5-11,14,20H,4,12-13,15-17H2,1-3H3,(H2,26,27,28);1H. The predicted octanol–water partition coefficient (Wildman–Crippen LogP) is 4.21. The Labute approximate surface area is 218 Å². The molecule has 0 saturated heterocycles. The number of hydrogen-bond acceptors (Lipinski definition) is 5. The van der Waals surface area contributed by atoms with Gasteiger partial charge in [0, 0.05) is 31.7 Å². The van der Waals surface area contributed by atoms with Crippen LogP contribution < -0.4 is 15.4 Å². The second-order valence-corrected chi connectivity index (χ2v) is 8.16. The molecule has 1 atom stereocenters. The van der Waals surface area contributed by atoms with Crippen molar-refractivity contribution >= 4 is 29.9 Å². The van der Waals surface area contributed by atoms with E-state index in [1.807, 2.05) is 41.1 Å². The number of aryl methyl sites for hydroxylation is 2. The molecule has 182 valence electrons. The number of nitrogens with one attached hydrogen (secondary N) is 2. The summed E-state index contributed by atoms with van der Waals surface area (Å²) in [4.78, 5) is 9.39. The van der Waals surface area contributed by atoms with E-state index in [-0.39, 0.29) is 30.0 Å². The Morgan fingerprint density at radius 2 is 2.06 bits per heavy atom. The van der Waals surface area contributed by atoms with E-state index in [0.29, 0.717) is 13.2 Å². The molecule has 3 aromatic rings. The van der Waals surface area contributed by atoms with Crippen molar-refractivity contribution in [3.63, 3.8) is 0 Å². The molecule has 1 aliphatic heterocycles. The van der Waals surface area contributed by atoms with Gasteiger partial charge in [0.25, 0.3) is 0 Å². The number of nitrogens with zero attached hydrogens (tertiary/aromatic N) is 4. The fraction of sp³-hybridized carbons (Fsp3) is 0.400. The molecule has 2 N–H and O–H groups in total. The lowest BCUT2D eigenvalue weighted by molar-refractivity contribution is 0.177. The minimum Gasteiger partial charge on any atom is -0.457 e. The molecule has 0 fully saturated rings. The van der Waals surface area contributed by atoms with Crippen molar-refractivity contribution in [3.8, 4) is 11.5 Å². The first-order valence-corrected chi connectivity index (χ1v) is 11.4. The smallest absolute Gasteiger partial charge is 0.191 e. The third-order valence-corrected chi connectivity index (χ3v) is 5.46. The Morgan fingerprint density at radius 3 is 2.85 bits per heavy atom. The van der Waals surface area contributed by atoms with Gasteiger partial charge >= 0.3 is 0 Å². The van der Waals surface area contributed by atoms with Gasteiger partial charge in [-0.25, -0.2) is 14.7 Å². The van der Waals surface area contributed by atoms with Crippen molar-refractivity contribution in [2.24, 2.45) is 4.99 Å². The van der Waals surface area contributed by atoms with Crippen molar-refractivity contribution < 1.29 is 9.47 Å². The lowest BCUT2D eigenvalue weighted by atomic mass is 10.1. The summed E-state index contributed by atoms with van der Waals surface area (Å²) in [6.07, 6.45) is 1.85. The number of methoxy groups -OCH3 is 1. The van der Waals surface area contributed by atoms with Gasteiger partial charge in [0.1, 0.15) is 23.9 Å². The Balaban J connectivity index is 0.00000324. The summed E-state index contributed by atoms with van der Waals surface area (Å²) < 4.78 is 13.3. The maximum Gasteiger partial charge on any atom is 0.191 e. The van der Waals surface area contributed by atoms with Gasteiger partial charge in [-0.2, -0.15) is 5.10 Å². The number of benzene rings is 2. The molecule has 0 spiro atoms. The van der Waals surface area contributed by atoms with Crippen molar-refractivity contribution in [1.29, 1.82) is 0 Å². The predicted molar refractivity (Wildman–Crippen MR) is 144 cm³/mol. The fourth-order valence-corrected chi connectivity index (χ4v) is 3.89. The van der Waals surface area contributed by atoms with Gasteiger partial charge in [0.2, 0.25) is 0 Å². The number of aromatic nitrogens is 3. The molecule has 0 amide bonds. The average molecular weight is 576 g/mol. The highest BCUT2D eigenvalue weighted by Gasteiger charge is 2.22. The molecule has 1 aliphatic rings. The van der Waals surface area contributed by atoms with Gasteiger partial charge < -0.3 is 20.1 Å². The Bertz CT molecular complexity index is 1100. The molecule has 1 aromatic heterocycles. The molecule has 0 saturated carbocycles. The van der Waals surface area contributed by atoms with Crippen LogP contribution in [0.2, 0.25) is 0 Å². The monoisotopic (exact) mass is 576 g/mol. The molecular weight excluding hydrogens is 543 g/mol. The summed E-state index contributed by atoms with van der Waals surface area (Å²) in [5.41, 5.74) is 2.20. The summed E-state index contributed by atoms with van der Waals surface area (Å²) in [6, 6.07) is 16.3. The average Bonchev–Trinajstić information content (AvgIpc) is 3.20. The van der Waals surface area contributed by atoms with Crippen LogP contribution in [0.25, 0.3) is 0 Å². The van der Waals surface area contributed by atoms with Gasteiger partial charge in [0.15, 0.2) is 11.8 Å². The first-order chi connectivity index (χ1) is 16.1. The quantitative estimate of drug-likeness (QED) is 0.238. The van der Waals surface area contributed by atoms with E-state index in [4.69, 9.17) is 14.5 Å². The van der Waals surface area contributed by atoms with E-state index in [1.54, 1.807) is 7.11 Å². The summed E-state index contributed by atoms with van der Waals surface area (Å²) in [7, 11) is 1.66. The zero-order valence-electron chi connectivity index (χ0n) is 20.0. The highest BCUT2D eigenvalue weighted by Crippen LogP contribution is 2.26. The van der Waals surface area contributed by atoms with Gasteiger partial charge in [0.05, 0.1) is 13.1 Å². The number of rotatable bonds is 8. The summed E-state index contributed by atoms with van der Waals surface area (Å²) >= 11 is 0. The molecule has 0 bridgehead atoms. The first kappa shape index (κ1) is 26.0. The molecule has 8 nitrogen and oxygen atoms in total. The van der Waals surface area contributed by atoms with Crippen molar-refractivity contribution in [2.75, 3.05) is 13.7 Å².